The highest BCUT2D eigenvalue weighted by atomic mass is 79.9. The van der Waals surface area contributed by atoms with Crippen molar-refractivity contribution >= 4 is 15.9 Å². The van der Waals surface area contributed by atoms with E-state index >= 15 is 0 Å². The van der Waals surface area contributed by atoms with Crippen LogP contribution in [0.2, 0.25) is 0 Å². The smallest absolute Gasteiger partial charge is 0.293 e. The van der Waals surface area contributed by atoms with E-state index in [9.17, 15) is 14.0 Å². The molecule has 22 heavy (non-hydrogen) atoms. The summed E-state index contributed by atoms with van der Waals surface area (Å²) >= 11 is 3.06. The molecule has 2 aromatic heterocycles. The molecule has 0 atom stereocenters. The van der Waals surface area contributed by atoms with Gasteiger partial charge in [0.25, 0.3) is 5.56 Å². The van der Waals surface area contributed by atoms with E-state index in [0.29, 0.717) is 11.4 Å². The Labute approximate surface area is 131 Å². The van der Waals surface area contributed by atoms with Crippen molar-refractivity contribution in [2.24, 2.45) is 0 Å². The third-order valence-electron chi connectivity index (χ3n) is 2.93. The van der Waals surface area contributed by atoms with Gasteiger partial charge in [0.2, 0.25) is 0 Å². The number of aromatic nitrogens is 5. The van der Waals surface area contributed by atoms with E-state index in [0.717, 1.165) is 0 Å². The second kappa shape index (κ2) is 5.68. The van der Waals surface area contributed by atoms with Crippen LogP contribution in [0.1, 0.15) is 5.69 Å². The third-order valence-corrected chi connectivity index (χ3v) is 3.50. The highest BCUT2D eigenvalue weighted by Gasteiger charge is 2.07. The van der Waals surface area contributed by atoms with E-state index in [-0.39, 0.29) is 16.8 Å². The van der Waals surface area contributed by atoms with Crippen molar-refractivity contribution < 1.29 is 4.39 Å². The predicted molar refractivity (Wildman–Crippen MR) is 79.4 cm³/mol. The molecule has 0 radical (unpaired) electrons. The lowest BCUT2D eigenvalue weighted by Crippen LogP contribution is -2.30. The molecule has 3 rings (SSSR count). The number of benzene rings is 1. The average Bonchev–Trinajstić information content (AvgIpc) is 2.94. The van der Waals surface area contributed by atoms with Crippen molar-refractivity contribution in [2.75, 3.05) is 0 Å². The molecule has 9 heteroatoms. The van der Waals surface area contributed by atoms with E-state index in [1.165, 1.54) is 27.6 Å². The van der Waals surface area contributed by atoms with Gasteiger partial charge in [-0.15, -0.1) is 5.10 Å². The topological polar surface area (TPSA) is 85.6 Å². The molecule has 0 spiro atoms. The second-order valence-corrected chi connectivity index (χ2v) is 5.35. The van der Waals surface area contributed by atoms with Crippen LogP contribution in [0, 0.1) is 5.82 Å². The van der Waals surface area contributed by atoms with Crippen molar-refractivity contribution in [1.82, 2.24) is 24.5 Å². The maximum Gasteiger partial charge on any atom is 0.328 e. The first-order chi connectivity index (χ1) is 10.5. The first-order valence-corrected chi connectivity index (χ1v) is 6.98. The molecule has 112 valence electrons. The number of nitrogens with zero attached hydrogens (tertiary/aromatic N) is 4. The number of halogens is 2. The number of aromatic amines is 1. The lowest BCUT2D eigenvalue weighted by atomic mass is 10.3. The van der Waals surface area contributed by atoms with Gasteiger partial charge in [-0.3, -0.25) is 14.3 Å². The fourth-order valence-corrected chi connectivity index (χ4v) is 2.21. The zero-order valence-corrected chi connectivity index (χ0v) is 12.6. The van der Waals surface area contributed by atoms with Crippen LogP contribution in [-0.2, 0) is 6.54 Å². The van der Waals surface area contributed by atoms with Gasteiger partial charge in [0.05, 0.1) is 22.9 Å². The molecule has 2 heterocycles. The molecule has 3 aromatic rings. The molecule has 0 amide bonds. The van der Waals surface area contributed by atoms with Crippen LogP contribution in [0.5, 0.6) is 0 Å². The van der Waals surface area contributed by atoms with Crippen LogP contribution in [0.15, 0.2) is 50.7 Å². The summed E-state index contributed by atoms with van der Waals surface area (Å²) < 4.78 is 15.9. The van der Waals surface area contributed by atoms with Crippen molar-refractivity contribution in [3.63, 3.8) is 0 Å². The number of hydrogen-bond acceptors (Lipinski definition) is 4. The normalized spacial score (nSPS) is 10.8. The Morgan fingerprint density at radius 1 is 1.18 bits per heavy atom. The Bertz CT molecular complexity index is 929. The first-order valence-electron chi connectivity index (χ1n) is 6.19. The molecular formula is C13H9BrFN5O2. The Morgan fingerprint density at radius 2 is 1.91 bits per heavy atom. The number of rotatable bonds is 3. The van der Waals surface area contributed by atoms with E-state index < -0.39 is 11.2 Å². The standard InChI is InChI=1S/C13H9BrFN5O2/c14-11-7-19(13(22)16-12(11)21)5-9-6-20(18-17-9)10-3-1-8(15)2-4-10/h1-4,6-7H,5H2,(H,16,21,22). The highest BCUT2D eigenvalue weighted by molar-refractivity contribution is 9.10. The van der Waals surface area contributed by atoms with Crippen LogP contribution >= 0.6 is 15.9 Å². The molecule has 1 N–H and O–H groups in total. The number of hydrogen-bond donors (Lipinski definition) is 1. The van der Waals surface area contributed by atoms with Crippen molar-refractivity contribution in [3.05, 3.63) is 73.5 Å². The summed E-state index contributed by atoms with van der Waals surface area (Å²) in [6.07, 6.45) is 3.01. The van der Waals surface area contributed by atoms with Crippen LogP contribution in [0.3, 0.4) is 0 Å². The Kier molecular flexibility index (Phi) is 3.72. The lowest BCUT2D eigenvalue weighted by molar-refractivity contribution is 0.626. The maximum atomic E-state index is 12.9. The van der Waals surface area contributed by atoms with Gasteiger partial charge in [0.15, 0.2) is 0 Å². The summed E-state index contributed by atoms with van der Waals surface area (Å²) in [7, 11) is 0. The summed E-state index contributed by atoms with van der Waals surface area (Å²) in [6.45, 7) is 0.148. The van der Waals surface area contributed by atoms with Crippen LogP contribution in [-0.4, -0.2) is 24.5 Å². The van der Waals surface area contributed by atoms with Crippen molar-refractivity contribution in [3.8, 4) is 5.69 Å². The van der Waals surface area contributed by atoms with Gasteiger partial charge < -0.3 is 0 Å². The Hall–Kier alpha value is -2.55. The predicted octanol–water partition coefficient (Wildman–Crippen LogP) is 1.07. The van der Waals surface area contributed by atoms with Gasteiger partial charge in [0.1, 0.15) is 11.5 Å². The fraction of sp³-hybridized carbons (Fsp3) is 0.0769. The van der Waals surface area contributed by atoms with E-state index in [4.69, 9.17) is 0 Å². The molecule has 0 saturated carbocycles. The lowest BCUT2D eigenvalue weighted by Gasteiger charge is -2.02. The van der Waals surface area contributed by atoms with Gasteiger partial charge in [-0.1, -0.05) is 5.21 Å². The van der Waals surface area contributed by atoms with Gasteiger partial charge in [-0.05, 0) is 40.2 Å². The number of nitrogens with one attached hydrogen (secondary N) is 1. The summed E-state index contributed by atoms with van der Waals surface area (Å²) in [5.74, 6) is -0.339. The highest BCUT2D eigenvalue weighted by Crippen LogP contribution is 2.08. The van der Waals surface area contributed by atoms with Gasteiger partial charge in [-0.2, -0.15) is 0 Å². The second-order valence-electron chi connectivity index (χ2n) is 4.50. The minimum Gasteiger partial charge on any atom is -0.293 e. The molecule has 7 nitrogen and oxygen atoms in total. The molecule has 0 saturated heterocycles. The van der Waals surface area contributed by atoms with Gasteiger partial charge >= 0.3 is 5.69 Å². The molecule has 0 fully saturated rings. The Balaban J connectivity index is 1.89. The molecule has 0 aliphatic rings. The molecule has 0 aliphatic heterocycles. The van der Waals surface area contributed by atoms with E-state index in [1.54, 1.807) is 18.3 Å². The summed E-state index contributed by atoms with van der Waals surface area (Å²) in [5, 5.41) is 7.88. The number of H-pyrrole nitrogens is 1. The zero-order chi connectivity index (χ0) is 15.7. The van der Waals surface area contributed by atoms with E-state index in [1.807, 2.05) is 0 Å². The van der Waals surface area contributed by atoms with Gasteiger partial charge in [0, 0.05) is 6.20 Å². The van der Waals surface area contributed by atoms with E-state index in [2.05, 4.69) is 31.2 Å². The molecular weight excluding hydrogens is 357 g/mol. The Morgan fingerprint density at radius 3 is 2.64 bits per heavy atom. The monoisotopic (exact) mass is 365 g/mol. The maximum absolute atomic E-state index is 12.9. The molecule has 0 aliphatic carbocycles. The summed E-state index contributed by atoms with van der Waals surface area (Å²) in [4.78, 5) is 25.2. The molecule has 1 aromatic carbocycles. The van der Waals surface area contributed by atoms with Gasteiger partial charge in [-0.25, -0.2) is 13.9 Å². The minimum absolute atomic E-state index is 0.148. The average molecular weight is 366 g/mol. The summed E-state index contributed by atoms with van der Waals surface area (Å²) in [5.41, 5.74) is 0.140. The quantitative estimate of drug-likeness (QED) is 0.752. The largest absolute Gasteiger partial charge is 0.328 e. The van der Waals surface area contributed by atoms with Crippen molar-refractivity contribution in [2.45, 2.75) is 6.54 Å². The van der Waals surface area contributed by atoms with Crippen LogP contribution in [0.4, 0.5) is 4.39 Å². The van der Waals surface area contributed by atoms with Crippen LogP contribution in [0.25, 0.3) is 5.69 Å². The van der Waals surface area contributed by atoms with Crippen molar-refractivity contribution in [1.29, 1.82) is 0 Å². The molecule has 0 unspecified atom stereocenters. The zero-order valence-electron chi connectivity index (χ0n) is 11.0. The minimum atomic E-state index is -0.537. The fourth-order valence-electron chi connectivity index (χ4n) is 1.87. The SMILES string of the molecule is O=c1[nH]c(=O)n(Cc2cn(-c3ccc(F)cc3)nn2)cc1Br. The molecule has 0 bridgehead atoms. The van der Waals surface area contributed by atoms with Crippen LogP contribution < -0.4 is 11.2 Å². The summed E-state index contributed by atoms with van der Waals surface area (Å²) in [6, 6.07) is 5.77. The third kappa shape index (κ3) is 2.89. The first kappa shape index (κ1) is 14.4.